The van der Waals surface area contributed by atoms with Gasteiger partial charge in [-0.15, -0.1) is 0 Å². The van der Waals surface area contributed by atoms with Crippen LogP contribution in [0.3, 0.4) is 0 Å². The van der Waals surface area contributed by atoms with Crippen LogP contribution in [0, 0.1) is 5.92 Å². The van der Waals surface area contributed by atoms with Gasteiger partial charge in [0.2, 0.25) is 0 Å². The molecule has 6 nitrogen and oxygen atoms in total. The van der Waals surface area contributed by atoms with E-state index in [0.717, 1.165) is 36.4 Å². The van der Waals surface area contributed by atoms with Crippen molar-refractivity contribution >= 4 is 0 Å². The number of hydrogen-bond donors (Lipinski definition) is 0. The SMILES string of the molecule is Cn1c(CN(C[C@H]2CCOC2)C2CC2)cc(=O)n(C)c1=O. The van der Waals surface area contributed by atoms with Gasteiger partial charge in [0.25, 0.3) is 5.56 Å². The van der Waals surface area contributed by atoms with Crippen molar-refractivity contribution in [1.82, 2.24) is 14.0 Å². The molecule has 21 heavy (non-hydrogen) atoms. The monoisotopic (exact) mass is 293 g/mol. The minimum Gasteiger partial charge on any atom is -0.381 e. The first kappa shape index (κ1) is 14.5. The third-order valence-electron chi connectivity index (χ3n) is 4.57. The molecule has 0 bridgehead atoms. The second kappa shape index (κ2) is 5.77. The lowest BCUT2D eigenvalue weighted by atomic mass is 10.1. The minimum atomic E-state index is -0.252. The molecule has 6 heteroatoms. The highest BCUT2D eigenvalue weighted by atomic mass is 16.5. The van der Waals surface area contributed by atoms with Crippen molar-refractivity contribution in [3.63, 3.8) is 0 Å². The fraction of sp³-hybridized carbons (Fsp3) is 0.733. The zero-order valence-electron chi connectivity index (χ0n) is 12.7. The summed E-state index contributed by atoms with van der Waals surface area (Å²) >= 11 is 0. The smallest absolute Gasteiger partial charge is 0.330 e. The van der Waals surface area contributed by atoms with Crippen LogP contribution in [0.5, 0.6) is 0 Å². The molecule has 0 unspecified atom stereocenters. The second-order valence-corrected chi connectivity index (χ2v) is 6.26. The molecule has 0 spiro atoms. The Labute approximate surface area is 123 Å². The van der Waals surface area contributed by atoms with Crippen LogP contribution in [0.4, 0.5) is 0 Å². The lowest BCUT2D eigenvalue weighted by Gasteiger charge is -2.25. The molecule has 1 aliphatic heterocycles. The van der Waals surface area contributed by atoms with E-state index in [0.29, 0.717) is 18.5 Å². The molecule has 1 aromatic heterocycles. The first-order chi connectivity index (χ1) is 10.1. The van der Waals surface area contributed by atoms with Crippen molar-refractivity contribution in [1.29, 1.82) is 0 Å². The zero-order chi connectivity index (χ0) is 15.0. The number of hydrogen-bond acceptors (Lipinski definition) is 4. The Kier molecular flexibility index (Phi) is 3.99. The van der Waals surface area contributed by atoms with Crippen molar-refractivity contribution in [2.75, 3.05) is 19.8 Å². The molecule has 1 saturated heterocycles. The van der Waals surface area contributed by atoms with Crippen LogP contribution in [0.1, 0.15) is 25.0 Å². The molecule has 0 radical (unpaired) electrons. The summed E-state index contributed by atoms with van der Waals surface area (Å²) in [5, 5.41) is 0. The largest absolute Gasteiger partial charge is 0.381 e. The van der Waals surface area contributed by atoms with Crippen LogP contribution >= 0.6 is 0 Å². The van der Waals surface area contributed by atoms with E-state index in [1.54, 1.807) is 17.7 Å². The molecule has 1 aromatic rings. The van der Waals surface area contributed by atoms with Gasteiger partial charge in [-0.3, -0.25) is 18.8 Å². The summed E-state index contributed by atoms with van der Waals surface area (Å²) in [6.07, 6.45) is 3.54. The Morgan fingerprint density at radius 3 is 2.62 bits per heavy atom. The highest BCUT2D eigenvalue weighted by molar-refractivity contribution is 5.03. The van der Waals surface area contributed by atoms with Gasteiger partial charge in [0, 0.05) is 51.6 Å². The Morgan fingerprint density at radius 1 is 1.24 bits per heavy atom. The first-order valence-corrected chi connectivity index (χ1v) is 7.64. The summed E-state index contributed by atoms with van der Waals surface area (Å²) in [5.74, 6) is 0.578. The molecule has 0 N–H and O–H groups in total. The van der Waals surface area contributed by atoms with Crippen molar-refractivity contribution in [2.24, 2.45) is 20.0 Å². The van der Waals surface area contributed by atoms with Crippen molar-refractivity contribution in [2.45, 2.75) is 31.8 Å². The lowest BCUT2D eigenvalue weighted by molar-refractivity contribution is 0.160. The molecule has 2 fully saturated rings. The van der Waals surface area contributed by atoms with Gasteiger partial charge in [0.15, 0.2) is 0 Å². The highest BCUT2D eigenvalue weighted by Gasteiger charge is 2.32. The maximum Gasteiger partial charge on any atom is 0.330 e. The Hall–Kier alpha value is -1.40. The Balaban J connectivity index is 1.79. The molecule has 1 atom stereocenters. The summed E-state index contributed by atoms with van der Waals surface area (Å²) < 4.78 is 8.18. The van der Waals surface area contributed by atoms with Gasteiger partial charge in [-0.2, -0.15) is 0 Å². The highest BCUT2D eigenvalue weighted by Crippen LogP contribution is 2.30. The molecular formula is C15H23N3O3. The van der Waals surface area contributed by atoms with Gasteiger partial charge in [0.05, 0.1) is 6.61 Å². The van der Waals surface area contributed by atoms with Crippen LogP contribution in [-0.2, 0) is 25.4 Å². The standard InChI is InChI=1S/C15H23N3O3/c1-16-13(7-14(19)17(2)15(16)20)9-18(12-3-4-12)8-11-5-6-21-10-11/h7,11-12H,3-6,8-10H2,1-2H3/t11-/m1/s1. The Bertz CT molecular complexity index is 624. The van der Waals surface area contributed by atoms with Crippen LogP contribution in [0.25, 0.3) is 0 Å². The van der Waals surface area contributed by atoms with Crippen molar-refractivity contribution < 1.29 is 4.74 Å². The van der Waals surface area contributed by atoms with Crippen LogP contribution in [-0.4, -0.2) is 39.8 Å². The topological polar surface area (TPSA) is 56.5 Å². The Morgan fingerprint density at radius 2 is 2.00 bits per heavy atom. The van der Waals surface area contributed by atoms with Gasteiger partial charge in [-0.1, -0.05) is 0 Å². The molecular weight excluding hydrogens is 270 g/mol. The van der Waals surface area contributed by atoms with E-state index in [4.69, 9.17) is 4.74 Å². The van der Waals surface area contributed by atoms with E-state index in [-0.39, 0.29) is 11.2 Å². The van der Waals surface area contributed by atoms with Crippen molar-refractivity contribution in [3.05, 3.63) is 32.6 Å². The maximum atomic E-state index is 12.0. The summed E-state index contributed by atoms with van der Waals surface area (Å²) in [4.78, 5) is 26.3. The van der Waals surface area contributed by atoms with Crippen LogP contribution < -0.4 is 11.2 Å². The summed E-state index contributed by atoms with van der Waals surface area (Å²) in [6.45, 7) is 3.35. The fourth-order valence-corrected chi connectivity index (χ4v) is 2.98. The third kappa shape index (κ3) is 3.11. The van der Waals surface area contributed by atoms with Gasteiger partial charge in [0.1, 0.15) is 0 Å². The maximum absolute atomic E-state index is 12.0. The number of nitrogens with zero attached hydrogens (tertiary/aromatic N) is 3. The number of aromatic nitrogens is 2. The third-order valence-corrected chi connectivity index (χ3v) is 4.57. The van der Waals surface area contributed by atoms with E-state index in [1.165, 1.54) is 19.9 Å². The van der Waals surface area contributed by atoms with Gasteiger partial charge in [-0.05, 0) is 25.2 Å². The molecule has 1 saturated carbocycles. The number of ether oxygens (including phenoxy) is 1. The molecule has 0 aromatic carbocycles. The molecule has 1 aliphatic carbocycles. The predicted octanol–water partition coefficient (Wildman–Crippen LogP) is 0.0849. The zero-order valence-corrected chi connectivity index (χ0v) is 12.7. The minimum absolute atomic E-state index is 0.229. The molecule has 0 amide bonds. The van der Waals surface area contributed by atoms with Gasteiger partial charge >= 0.3 is 5.69 Å². The second-order valence-electron chi connectivity index (χ2n) is 6.26. The molecule has 3 rings (SSSR count). The van der Waals surface area contributed by atoms with Crippen molar-refractivity contribution in [3.8, 4) is 0 Å². The van der Waals surface area contributed by atoms with E-state index in [2.05, 4.69) is 4.90 Å². The van der Waals surface area contributed by atoms with E-state index in [9.17, 15) is 9.59 Å². The van der Waals surface area contributed by atoms with Gasteiger partial charge in [-0.25, -0.2) is 4.79 Å². The lowest BCUT2D eigenvalue weighted by Crippen LogP contribution is -2.40. The first-order valence-electron chi connectivity index (χ1n) is 7.64. The summed E-state index contributed by atoms with van der Waals surface area (Å²) in [5.41, 5.74) is 0.319. The molecule has 2 aliphatic rings. The molecule has 116 valence electrons. The van der Waals surface area contributed by atoms with E-state index >= 15 is 0 Å². The normalized spacial score (nSPS) is 22.1. The van der Waals surface area contributed by atoms with Crippen LogP contribution in [0.15, 0.2) is 15.7 Å². The number of rotatable bonds is 5. The quantitative estimate of drug-likeness (QED) is 0.772. The van der Waals surface area contributed by atoms with E-state index < -0.39 is 0 Å². The summed E-state index contributed by atoms with van der Waals surface area (Å²) in [7, 11) is 3.25. The van der Waals surface area contributed by atoms with Crippen LogP contribution in [0.2, 0.25) is 0 Å². The summed E-state index contributed by atoms with van der Waals surface area (Å²) in [6, 6.07) is 2.19. The van der Waals surface area contributed by atoms with E-state index in [1.807, 2.05) is 0 Å². The average Bonchev–Trinajstić information content (AvgIpc) is 3.19. The molecule has 2 heterocycles. The fourth-order valence-electron chi connectivity index (χ4n) is 2.98. The van der Waals surface area contributed by atoms with Gasteiger partial charge < -0.3 is 4.74 Å². The average molecular weight is 293 g/mol. The predicted molar refractivity (Wildman–Crippen MR) is 79.3 cm³/mol.